The van der Waals surface area contributed by atoms with Crippen LogP contribution in [-0.2, 0) is 33.5 Å². The second kappa shape index (κ2) is 14.9. The van der Waals surface area contributed by atoms with Gasteiger partial charge in [-0.05, 0) is 75.0 Å². The largest absolute Gasteiger partial charge is 0.491 e. The number of fused-ring (bicyclic) bond motifs is 2. The lowest BCUT2D eigenvalue weighted by Gasteiger charge is -2.22. The maximum absolute atomic E-state index is 11.3. The average Bonchev–Trinajstić information content (AvgIpc) is 3.23. The van der Waals surface area contributed by atoms with Crippen LogP contribution >= 0.6 is 0 Å². The van der Waals surface area contributed by atoms with Crippen molar-refractivity contribution in [2.45, 2.75) is 31.5 Å². The van der Waals surface area contributed by atoms with Crippen LogP contribution in [0.2, 0.25) is 0 Å². The number of carbonyl (C=O) groups is 1. The Bertz CT molecular complexity index is 1680. The van der Waals surface area contributed by atoms with Crippen LogP contribution in [0.3, 0.4) is 0 Å². The zero-order valence-corrected chi connectivity index (χ0v) is 26.0. The molecule has 5 aromatic rings. The Kier molecular flexibility index (Phi) is 10.0. The van der Waals surface area contributed by atoms with E-state index in [0.717, 1.165) is 40.7 Å². The number of ether oxygens (including phenoxy) is 3. The van der Waals surface area contributed by atoms with Crippen LogP contribution in [0, 0.1) is 0 Å². The highest BCUT2D eigenvalue weighted by molar-refractivity contribution is 5.77. The highest BCUT2D eigenvalue weighted by Gasteiger charge is 2.23. The average molecular weight is 611 g/mol. The number of hydrogen-bond donors (Lipinski definition) is 1. The summed E-state index contributed by atoms with van der Waals surface area (Å²) < 4.78 is 17.7. The summed E-state index contributed by atoms with van der Waals surface area (Å²) in [6, 6.07) is 41.9. The number of rotatable bonds is 13. The standard InChI is InChI=1S/C41H38O5/c1-44-39(41(42)43)28-31-12-18-36(19-13-31)45-22-23-46-40-37-20-14-32(24-29-8-4-2-5-9-29)26-34(37)16-17-35-27-33(15-21-38(35)40)25-30-10-6-3-7-11-30/h2-21,26-27,39-40H,22-25,28H2,1H3,(H,42,43). The van der Waals surface area contributed by atoms with Gasteiger partial charge in [0.1, 0.15) is 18.5 Å². The number of hydrogen-bond acceptors (Lipinski definition) is 4. The van der Waals surface area contributed by atoms with Crippen LogP contribution in [0.1, 0.15) is 56.2 Å². The van der Waals surface area contributed by atoms with Crippen molar-refractivity contribution in [2.24, 2.45) is 0 Å². The Hall–Kier alpha value is -4.97. The van der Waals surface area contributed by atoms with E-state index < -0.39 is 12.1 Å². The summed E-state index contributed by atoms with van der Waals surface area (Å²) in [6.07, 6.45) is 5.36. The van der Waals surface area contributed by atoms with Gasteiger partial charge in [0.05, 0.1) is 6.61 Å². The fourth-order valence-corrected chi connectivity index (χ4v) is 5.96. The molecule has 0 radical (unpaired) electrons. The van der Waals surface area contributed by atoms with Crippen molar-refractivity contribution in [3.05, 3.63) is 171 Å². The first-order chi connectivity index (χ1) is 22.6. The highest BCUT2D eigenvalue weighted by Crippen LogP contribution is 2.37. The SMILES string of the molecule is COC(Cc1ccc(OCCOC2c3ccc(Cc4ccccc4)cc3C=Cc3cc(Cc4ccccc4)ccc32)cc1)C(=O)O. The third kappa shape index (κ3) is 7.81. The molecular weight excluding hydrogens is 572 g/mol. The lowest BCUT2D eigenvalue weighted by molar-refractivity contribution is -0.148. The molecule has 1 aliphatic rings. The van der Waals surface area contributed by atoms with Crippen molar-refractivity contribution in [1.82, 2.24) is 0 Å². The molecule has 5 aromatic carbocycles. The number of carboxylic acid groups (broad SMARTS) is 1. The molecule has 46 heavy (non-hydrogen) atoms. The van der Waals surface area contributed by atoms with Gasteiger partial charge in [-0.1, -0.05) is 121 Å². The van der Waals surface area contributed by atoms with Crippen molar-refractivity contribution in [3.63, 3.8) is 0 Å². The van der Waals surface area contributed by atoms with Crippen molar-refractivity contribution in [3.8, 4) is 5.75 Å². The summed E-state index contributed by atoms with van der Waals surface area (Å²) in [5.74, 6) is -0.271. The van der Waals surface area contributed by atoms with Gasteiger partial charge in [0.2, 0.25) is 0 Å². The van der Waals surface area contributed by atoms with Gasteiger partial charge in [-0.15, -0.1) is 0 Å². The lowest BCUT2D eigenvalue weighted by atomic mass is 9.92. The highest BCUT2D eigenvalue weighted by atomic mass is 16.5. The van der Waals surface area contributed by atoms with E-state index in [1.165, 1.54) is 29.4 Å². The maximum atomic E-state index is 11.3. The van der Waals surface area contributed by atoms with E-state index in [0.29, 0.717) is 25.4 Å². The van der Waals surface area contributed by atoms with E-state index in [-0.39, 0.29) is 6.10 Å². The number of methoxy groups -OCH3 is 1. The van der Waals surface area contributed by atoms with Gasteiger partial charge in [-0.25, -0.2) is 4.79 Å². The Morgan fingerprint density at radius 3 is 1.67 bits per heavy atom. The second-order valence-electron chi connectivity index (χ2n) is 11.6. The predicted octanol–water partition coefficient (Wildman–Crippen LogP) is 8.18. The lowest BCUT2D eigenvalue weighted by Crippen LogP contribution is -2.24. The quantitative estimate of drug-likeness (QED) is 0.136. The van der Waals surface area contributed by atoms with E-state index in [1.54, 1.807) is 0 Å². The molecule has 0 amide bonds. The number of carboxylic acids is 1. The Balaban J connectivity index is 1.19. The minimum Gasteiger partial charge on any atom is -0.491 e. The summed E-state index contributed by atoms with van der Waals surface area (Å²) in [4.78, 5) is 11.3. The van der Waals surface area contributed by atoms with Crippen LogP contribution in [0.4, 0.5) is 0 Å². The molecular formula is C41H38O5. The molecule has 1 atom stereocenters. The summed E-state index contributed by atoms with van der Waals surface area (Å²) >= 11 is 0. The molecule has 232 valence electrons. The third-order valence-electron chi connectivity index (χ3n) is 8.35. The van der Waals surface area contributed by atoms with Crippen molar-refractivity contribution >= 4 is 18.1 Å². The van der Waals surface area contributed by atoms with Crippen molar-refractivity contribution in [1.29, 1.82) is 0 Å². The van der Waals surface area contributed by atoms with E-state index in [4.69, 9.17) is 14.2 Å². The molecule has 1 unspecified atom stereocenters. The molecule has 6 rings (SSSR count). The molecule has 0 spiro atoms. The van der Waals surface area contributed by atoms with Gasteiger partial charge >= 0.3 is 5.97 Å². The van der Waals surface area contributed by atoms with Gasteiger partial charge in [0.25, 0.3) is 0 Å². The van der Waals surface area contributed by atoms with Gasteiger partial charge in [-0.2, -0.15) is 0 Å². The molecule has 0 aliphatic heterocycles. The molecule has 0 saturated carbocycles. The molecule has 1 N–H and O–H groups in total. The van der Waals surface area contributed by atoms with Gasteiger partial charge in [0, 0.05) is 13.5 Å². The van der Waals surface area contributed by atoms with Crippen LogP contribution < -0.4 is 4.74 Å². The van der Waals surface area contributed by atoms with Gasteiger partial charge < -0.3 is 19.3 Å². The van der Waals surface area contributed by atoms with Gasteiger partial charge in [0.15, 0.2) is 6.10 Å². The molecule has 0 saturated heterocycles. The number of aliphatic carboxylic acids is 1. The third-order valence-corrected chi connectivity index (χ3v) is 8.35. The van der Waals surface area contributed by atoms with Crippen molar-refractivity contribution in [2.75, 3.05) is 20.3 Å². The molecule has 5 heteroatoms. The van der Waals surface area contributed by atoms with E-state index in [2.05, 4.69) is 97.1 Å². The topological polar surface area (TPSA) is 65.0 Å². The summed E-state index contributed by atoms with van der Waals surface area (Å²) in [7, 11) is 1.41. The first-order valence-corrected chi connectivity index (χ1v) is 15.7. The minimum absolute atomic E-state index is 0.246. The fourth-order valence-electron chi connectivity index (χ4n) is 5.96. The predicted molar refractivity (Wildman–Crippen MR) is 182 cm³/mol. The Morgan fingerprint density at radius 1 is 0.652 bits per heavy atom. The van der Waals surface area contributed by atoms with Crippen LogP contribution in [0.5, 0.6) is 5.75 Å². The summed E-state index contributed by atoms with van der Waals surface area (Å²) in [6.45, 7) is 0.773. The maximum Gasteiger partial charge on any atom is 0.333 e. The zero-order valence-electron chi connectivity index (χ0n) is 26.0. The van der Waals surface area contributed by atoms with Gasteiger partial charge in [-0.3, -0.25) is 0 Å². The summed E-state index contributed by atoms with van der Waals surface area (Å²) in [5, 5.41) is 9.26. The first kappa shape index (κ1) is 31.0. The minimum atomic E-state index is -0.975. The van der Waals surface area contributed by atoms with E-state index in [1.807, 2.05) is 36.4 Å². The van der Waals surface area contributed by atoms with Crippen LogP contribution in [0.15, 0.2) is 121 Å². The second-order valence-corrected chi connectivity index (χ2v) is 11.6. The normalized spacial score (nSPS) is 13.0. The monoisotopic (exact) mass is 610 g/mol. The summed E-state index contributed by atoms with van der Waals surface area (Å²) in [5.41, 5.74) is 10.6. The molecule has 0 heterocycles. The fraction of sp³-hybridized carbons (Fsp3) is 0.195. The zero-order chi connectivity index (χ0) is 31.7. The van der Waals surface area contributed by atoms with Crippen LogP contribution in [-0.4, -0.2) is 37.5 Å². The van der Waals surface area contributed by atoms with Crippen molar-refractivity contribution < 1.29 is 24.1 Å². The molecule has 0 bridgehead atoms. The smallest absolute Gasteiger partial charge is 0.333 e. The molecule has 1 aliphatic carbocycles. The Labute approximate surface area is 270 Å². The number of benzene rings is 5. The molecule has 0 aromatic heterocycles. The van der Waals surface area contributed by atoms with E-state index >= 15 is 0 Å². The van der Waals surface area contributed by atoms with E-state index in [9.17, 15) is 9.90 Å². The Morgan fingerprint density at radius 2 is 1.17 bits per heavy atom. The molecule has 5 nitrogen and oxygen atoms in total. The van der Waals surface area contributed by atoms with Crippen LogP contribution in [0.25, 0.3) is 12.2 Å². The first-order valence-electron chi connectivity index (χ1n) is 15.7. The molecule has 0 fully saturated rings.